The van der Waals surface area contributed by atoms with Gasteiger partial charge in [0, 0.05) is 30.2 Å². The summed E-state index contributed by atoms with van der Waals surface area (Å²) >= 11 is 0. The van der Waals surface area contributed by atoms with Gasteiger partial charge in [0.25, 0.3) is 10.0 Å². The summed E-state index contributed by atoms with van der Waals surface area (Å²) in [7, 11) is -3.81. The first kappa shape index (κ1) is 20.8. The van der Waals surface area contributed by atoms with E-state index >= 15 is 0 Å². The van der Waals surface area contributed by atoms with Crippen molar-refractivity contribution in [3.63, 3.8) is 0 Å². The van der Waals surface area contributed by atoms with Gasteiger partial charge in [-0.2, -0.15) is 0 Å². The molecule has 0 saturated heterocycles. The van der Waals surface area contributed by atoms with Crippen LogP contribution in [0.1, 0.15) is 5.82 Å². The van der Waals surface area contributed by atoms with E-state index in [0.717, 1.165) is 5.82 Å². The minimum absolute atomic E-state index is 0.0791. The molecule has 0 aliphatic carbocycles. The lowest BCUT2D eigenvalue weighted by Gasteiger charge is -2.19. The summed E-state index contributed by atoms with van der Waals surface area (Å²) in [5, 5.41) is 0. The van der Waals surface area contributed by atoms with Crippen LogP contribution in [-0.2, 0) is 10.0 Å². The van der Waals surface area contributed by atoms with Crippen LogP contribution in [0.5, 0.6) is 23.1 Å². The highest BCUT2D eigenvalue weighted by molar-refractivity contribution is 7.92. The van der Waals surface area contributed by atoms with Crippen LogP contribution in [0, 0.1) is 6.92 Å². The summed E-state index contributed by atoms with van der Waals surface area (Å²) in [5.41, 5.74) is 0.384. The molecule has 2 aromatic carbocycles. The normalized spacial score (nSPS) is 12.9. The van der Waals surface area contributed by atoms with Gasteiger partial charge in [0.1, 0.15) is 36.9 Å². The van der Waals surface area contributed by atoms with Crippen molar-refractivity contribution in [1.82, 2.24) is 19.5 Å². The molecule has 10 nitrogen and oxygen atoms in total. The predicted octanol–water partition coefficient (Wildman–Crippen LogP) is 3.34. The molecule has 4 aromatic rings. The van der Waals surface area contributed by atoms with Gasteiger partial charge in [-0.3, -0.25) is 9.29 Å². The highest BCUT2D eigenvalue weighted by Gasteiger charge is 2.19. The number of nitrogens with one attached hydrogen (secondary N) is 1. The van der Waals surface area contributed by atoms with Crippen LogP contribution in [0.4, 0.5) is 5.69 Å². The number of imidazole rings is 1. The van der Waals surface area contributed by atoms with Gasteiger partial charge in [0.15, 0.2) is 11.5 Å². The Morgan fingerprint density at radius 3 is 2.52 bits per heavy atom. The Balaban J connectivity index is 1.30. The van der Waals surface area contributed by atoms with Gasteiger partial charge in [-0.15, -0.1) is 0 Å². The molecule has 1 N–H and O–H groups in total. The third-order valence-electron chi connectivity index (χ3n) is 4.85. The number of aromatic nitrogens is 4. The number of fused-ring (bicyclic) bond motifs is 1. The molecule has 1 aliphatic heterocycles. The van der Waals surface area contributed by atoms with E-state index in [1.54, 1.807) is 48.8 Å². The number of benzene rings is 2. The summed E-state index contributed by atoms with van der Waals surface area (Å²) in [5.74, 6) is 3.18. The van der Waals surface area contributed by atoms with Crippen LogP contribution in [0.25, 0.3) is 5.82 Å². The molecule has 1 aliphatic rings. The third kappa shape index (κ3) is 4.44. The molecule has 3 heterocycles. The second-order valence-electron chi connectivity index (χ2n) is 7.10. The number of rotatable bonds is 6. The maximum atomic E-state index is 12.8. The van der Waals surface area contributed by atoms with Gasteiger partial charge in [-0.1, -0.05) is 0 Å². The van der Waals surface area contributed by atoms with E-state index in [9.17, 15) is 8.42 Å². The minimum atomic E-state index is -3.81. The quantitative estimate of drug-likeness (QED) is 0.461. The molecule has 5 rings (SSSR count). The van der Waals surface area contributed by atoms with Gasteiger partial charge < -0.3 is 14.2 Å². The molecular weight excluding hydrogens is 446 g/mol. The van der Waals surface area contributed by atoms with Crippen molar-refractivity contribution < 1.29 is 22.6 Å². The van der Waals surface area contributed by atoms with Gasteiger partial charge >= 0.3 is 0 Å². The van der Waals surface area contributed by atoms with Crippen LogP contribution in [-0.4, -0.2) is 41.2 Å². The van der Waals surface area contributed by atoms with Crippen LogP contribution in [0.3, 0.4) is 0 Å². The Labute approximate surface area is 189 Å². The van der Waals surface area contributed by atoms with Crippen molar-refractivity contribution in [2.45, 2.75) is 11.8 Å². The highest BCUT2D eigenvalue weighted by atomic mass is 32.2. The van der Waals surface area contributed by atoms with Crippen molar-refractivity contribution in [3.05, 3.63) is 73.1 Å². The number of anilines is 1. The zero-order valence-corrected chi connectivity index (χ0v) is 18.3. The zero-order valence-electron chi connectivity index (χ0n) is 17.5. The Bertz CT molecular complexity index is 1400. The van der Waals surface area contributed by atoms with E-state index in [1.807, 2.05) is 11.5 Å². The van der Waals surface area contributed by atoms with Crippen molar-refractivity contribution in [3.8, 4) is 28.9 Å². The van der Waals surface area contributed by atoms with Gasteiger partial charge in [-0.05, 0) is 43.3 Å². The van der Waals surface area contributed by atoms with E-state index in [2.05, 4.69) is 19.7 Å². The fourth-order valence-electron chi connectivity index (χ4n) is 3.25. The summed E-state index contributed by atoms with van der Waals surface area (Å²) in [4.78, 5) is 12.6. The van der Waals surface area contributed by atoms with Crippen LogP contribution < -0.4 is 18.9 Å². The van der Waals surface area contributed by atoms with Crippen molar-refractivity contribution in [2.75, 3.05) is 17.9 Å². The van der Waals surface area contributed by atoms with Crippen LogP contribution in [0.2, 0.25) is 0 Å². The molecular formula is C22H19N5O5S. The number of hydrogen-bond acceptors (Lipinski definition) is 8. The lowest BCUT2D eigenvalue weighted by atomic mass is 10.3. The van der Waals surface area contributed by atoms with E-state index < -0.39 is 10.0 Å². The van der Waals surface area contributed by atoms with E-state index in [1.165, 1.54) is 18.5 Å². The third-order valence-corrected chi connectivity index (χ3v) is 6.23. The highest BCUT2D eigenvalue weighted by Crippen LogP contribution is 2.33. The fraction of sp³-hybridized carbons (Fsp3) is 0.136. The molecule has 0 radical (unpaired) electrons. The maximum Gasteiger partial charge on any atom is 0.262 e. The molecule has 33 heavy (non-hydrogen) atoms. The number of sulfonamides is 1. The first-order valence-corrected chi connectivity index (χ1v) is 11.5. The topological polar surface area (TPSA) is 117 Å². The summed E-state index contributed by atoms with van der Waals surface area (Å²) in [6.45, 7) is 2.68. The van der Waals surface area contributed by atoms with E-state index in [4.69, 9.17) is 14.2 Å². The first-order valence-electron chi connectivity index (χ1n) is 10.0. The van der Waals surface area contributed by atoms with Gasteiger partial charge in [-0.25, -0.2) is 23.4 Å². The molecule has 0 unspecified atom stereocenters. The average molecular weight is 465 g/mol. The molecule has 0 bridgehead atoms. The van der Waals surface area contributed by atoms with Gasteiger partial charge in [0.05, 0.1) is 4.90 Å². The number of hydrogen-bond donors (Lipinski definition) is 1. The second kappa shape index (κ2) is 8.43. The fourth-order valence-corrected chi connectivity index (χ4v) is 4.33. The molecule has 0 saturated carbocycles. The molecule has 11 heteroatoms. The number of aryl methyl sites for hydroxylation is 1. The average Bonchev–Trinajstić information content (AvgIpc) is 3.26. The molecule has 0 amide bonds. The SMILES string of the molecule is Cc1nccn1-c1cc(Oc2ccc(NS(=O)(=O)c3ccc4c(c3)OCCO4)cc2)ncn1. The Kier molecular flexibility index (Phi) is 5.31. The van der Waals surface area contributed by atoms with Gasteiger partial charge in [0.2, 0.25) is 5.88 Å². The second-order valence-corrected chi connectivity index (χ2v) is 8.78. The monoisotopic (exact) mass is 465 g/mol. The molecule has 0 fully saturated rings. The largest absolute Gasteiger partial charge is 0.486 e. The summed E-state index contributed by atoms with van der Waals surface area (Å²) in [6.07, 6.45) is 4.88. The van der Waals surface area contributed by atoms with Crippen molar-refractivity contribution in [1.29, 1.82) is 0 Å². The smallest absolute Gasteiger partial charge is 0.262 e. The Morgan fingerprint density at radius 1 is 0.970 bits per heavy atom. The van der Waals surface area contributed by atoms with Crippen molar-refractivity contribution in [2.24, 2.45) is 0 Å². The summed E-state index contributed by atoms with van der Waals surface area (Å²) in [6, 6.07) is 12.7. The lowest BCUT2D eigenvalue weighted by Crippen LogP contribution is -2.17. The van der Waals surface area contributed by atoms with Crippen LogP contribution >= 0.6 is 0 Å². The summed E-state index contributed by atoms with van der Waals surface area (Å²) < 4.78 is 46.6. The Hall–Kier alpha value is -4.12. The minimum Gasteiger partial charge on any atom is -0.486 e. The van der Waals surface area contributed by atoms with Crippen molar-refractivity contribution >= 4 is 15.7 Å². The molecule has 2 aromatic heterocycles. The lowest BCUT2D eigenvalue weighted by molar-refractivity contribution is 0.171. The predicted molar refractivity (Wildman–Crippen MR) is 119 cm³/mol. The van der Waals surface area contributed by atoms with Crippen LogP contribution in [0.15, 0.2) is 72.1 Å². The number of ether oxygens (including phenoxy) is 3. The molecule has 168 valence electrons. The Morgan fingerprint density at radius 2 is 1.76 bits per heavy atom. The van der Waals surface area contributed by atoms with E-state index in [0.29, 0.717) is 47.8 Å². The number of nitrogens with zero attached hydrogens (tertiary/aromatic N) is 4. The molecule has 0 atom stereocenters. The maximum absolute atomic E-state index is 12.8. The van der Waals surface area contributed by atoms with E-state index in [-0.39, 0.29) is 4.90 Å². The molecule has 0 spiro atoms. The zero-order chi connectivity index (χ0) is 22.8. The first-order chi connectivity index (χ1) is 16.0. The standard InChI is InChI=1S/C22H19N5O5S/c1-15-23-8-9-27(15)21-13-22(25-14-24-21)32-17-4-2-16(3-5-17)26-33(28,29)18-6-7-19-20(12-18)31-11-10-30-19/h2-9,12-14,26H,10-11H2,1H3.